The maximum atomic E-state index is 11.8. The predicted octanol–water partition coefficient (Wildman–Crippen LogP) is 1.80. The molecule has 0 radical (unpaired) electrons. The summed E-state index contributed by atoms with van der Waals surface area (Å²) in [7, 11) is 0. The molecule has 1 aromatic rings. The summed E-state index contributed by atoms with van der Waals surface area (Å²) in [6.07, 6.45) is 2.40. The Labute approximate surface area is 102 Å². The highest BCUT2D eigenvalue weighted by Crippen LogP contribution is 2.15. The maximum Gasteiger partial charge on any atom is 0.287 e. The van der Waals surface area contributed by atoms with Crippen molar-refractivity contribution in [2.75, 3.05) is 19.6 Å². The molecule has 1 atom stereocenters. The number of nitrogens with zero attached hydrogens (tertiary/aromatic N) is 1. The molecule has 0 unspecified atom stereocenters. The lowest BCUT2D eigenvalue weighted by molar-refractivity contribution is 0.0912. The molecular weight excluding hydrogens is 216 g/mol. The number of hydrogen-bond donors (Lipinski definition) is 1. The summed E-state index contributed by atoms with van der Waals surface area (Å²) in [6.45, 7) is 6.92. The highest BCUT2D eigenvalue weighted by molar-refractivity contribution is 5.91. The van der Waals surface area contributed by atoms with Crippen molar-refractivity contribution in [2.24, 2.45) is 0 Å². The van der Waals surface area contributed by atoms with Crippen LogP contribution < -0.4 is 5.32 Å². The predicted molar refractivity (Wildman–Crippen MR) is 66.0 cm³/mol. The molecule has 1 fully saturated rings. The first-order valence-corrected chi connectivity index (χ1v) is 6.29. The lowest BCUT2D eigenvalue weighted by Crippen LogP contribution is -2.39. The van der Waals surface area contributed by atoms with Crippen LogP contribution in [0.5, 0.6) is 0 Å². The minimum atomic E-state index is -0.110. The average molecular weight is 236 g/mol. The summed E-state index contributed by atoms with van der Waals surface area (Å²) < 4.78 is 5.29. The monoisotopic (exact) mass is 236 g/mol. The minimum absolute atomic E-state index is 0.110. The van der Waals surface area contributed by atoms with Crippen LogP contribution in [0.3, 0.4) is 0 Å². The van der Waals surface area contributed by atoms with Gasteiger partial charge in [0.25, 0.3) is 5.91 Å². The Hall–Kier alpha value is -1.29. The van der Waals surface area contributed by atoms with Crippen LogP contribution in [-0.4, -0.2) is 36.5 Å². The van der Waals surface area contributed by atoms with Crippen molar-refractivity contribution >= 4 is 5.91 Å². The van der Waals surface area contributed by atoms with E-state index in [0.717, 1.165) is 18.8 Å². The van der Waals surface area contributed by atoms with Gasteiger partial charge in [0.2, 0.25) is 0 Å². The number of amides is 1. The molecule has 2 heterocycles. The van der Waals surface area contributed by atoms with Crippen molar-refractivity contribution in [3.63, 3.8) is 0 Å². The number of hydrogen-bond acceptors (Lipinski definition) is 3. The Kier molecular flexibility index (Phi) is 3.84. The van der Waals surface area contributed by atoms with Crippen molar-refractivity contribution in [1.82, 2.24) is 10.2 Å². The Balaban J connectivity index is 1.84. The number of carbonyl (C=O) groups excluding carboxylic acids is 1. The average Bonchev–Trinajstić information content (AvgIpc) is 2.94. The molecule has 17 heavy (non-hydrogen) atoms. The van der Waals surface area contributed by atoms with Gasteiger partial charge >= 0.3 is 0 Å². The second kappa shape index (κ2) is 5.36. The zero-order valence-electron chi connectivity index (χ0n) is 10.5. The van der Waals surface area contributed by atoms with E-state index < -0.39 is 0 Å². The van der Waals surface area contributed by atoms with Gasteiger partial charge in [0.05, 0.1) is 0 Å². The number of likely N-dealkylation sites (tertiary alicyclic amines) is 1. The number of nitrogens with one attached hydrogen (secondary N) is 1. The second-order valence-electron chi connectivity index (χ2n) is 4.54. The third kappa shape index (κ3) is 2.88. The van der Waals surface area contributed by atoms with E-state index in [9.17, 15) is 4.79 Å². The van der Waals surface area contributed by atoms with E-state index in [1.54, 1.807) is 6.07 Å². The molecule has 0 aromatic carbocycles. The zero-order chi connectivity index (χ0) is 12.3. The molecule has 1 saturated heterocycles. The summed E-state index contributed by atoms with van der Waals surface area (Å²) in [5.41, 5.74) is 0. The summed E-state index contributed by atoms with van der Waals surface area (Å²) in [6, 6.07) is 4.01. The Morgan fingerprint density at radius 2 is 2.41 bits per heavy atom. The number of likely N-dealkylation sites (N-methyl/N-ethyl adjacent to an activating group) is 1. The molecule has 4 heteroatoms. The van der Waals surface area contributed by atoms with E-state index in [1.807, 2.05) is 13.0 Å². The second-order valence-corrected chi connectivity index (χ2v) is 4.54. The van der Waals surface area contributed by atoms with Gasteiger partial charge < -0.3 is 9.73 Å². The summed E-state index contributed by atoms with van der Waals surface area (Å²) in [5, 5.41) is 2.94. The standard InChI is InChI=1S/C13H20N2O2/c1-3-15-8-4-5-11(15)9-14-13(16)12-7-6-10(2)17-12/h6-7,11H,3-5,8-9H2,1-2H3,(H,14,16)/t11-/m0/s1. The largest absolute Gasteiger partial charge is 0.456 e. The van der Waals surface area contributed by atoms with E-state index >= 15 is 0 Å². The highest BCUT2D eigenvalue weighted by atomic mass is 16.3. The Morgan fingerprint density at radius 1 is 1.59 bits per heavy atom. The molecule has 2 rings (SSSR count). The fraction of sp³-hybridized carbons (Fsp3) is 0.615. The first kappa shape index (κ1) is 12.2. The molecule has 1 aliphatic rings. The van der Waals surface area contributed by atoms with Gasteiger partial charge in [-0.05, 0) is 45.0 Å². The van der Waals surface area contributed by atoms with Crippen molar-refractivity contribution in [2.45, 2.75) is 32.7 Å². The van der Waals surface area contributed by atoms with Crippen molar-refractivity contribution < 1.29 is 9.21 Å². The van der Waals surface area contributed by atoms with Gasteiger partial charge in [-0.1, -0.05) is 6.92 Å². The topological polar surface area (TPSA) is 45.5 Å². The fourth-order valence-corrected chi connectivity index (χ4v) is 2.40. The van der Waals surface area contributed by atoms with E-state index in [2.05, 4.69) is 17.1 Å². The lowest BCUT2D eigenvalue weighted by Gasteiger charge is -2.22. The number of furan rings is 1. The van der Waals surface area contributed by atoms with E-state index in [-0.39, 0.29) is 5.91 Å². The van der Waals surface area contributed by atoms with Gasteiger partial charge in [0.1, 0.15) is 5.76 Å². The van der Waals surface area contributed by atoms with Gasteiger partial charge in [-0.2, -0.15) is 0 Å². The van der Waals surface area contributed by atoms with Crippen LogP contribution in [-0.2, 0) is 0 Å². The summed E-state index contributed by atoms with van der Waals surface area (Å²) in [4.78, 5) is 14.2. The van der Waals surface area contributed by atoms with Crippen molar-refractivity contribution in [3.05, 3.63) is 23.7 Å². The molecule has 1 aromatic heterocycles. The summed E-state index contributed by atoms with van der Waals surface area (Å²) >= 11 is 0. The molecule has 0 bridgehead atoms. The van der Waals surface area contributed by atoms with Crippen LogP contribution in [0.2, 0.25) is 0 Å². The van der Waals surface area contributed by atoms with E-state index in [1.165, 1.54) is 12.8 Å². The van der Waals surface area contributed by atoms with Crippen LogP contribution in [0.4, 0.5) is 0 Å². The van der Waals surface area contributed by atoms with Crippen molar-refractivity contribution in [3.8, 4) is 0 Å². The molecule has 1 amide bonds. The number of aryl methyl sites for hydroxylation is 1. The van der Waals surface area contributed by atoms with E-state index in [4.69, 9.17) is 4.42 Å². The fourth-order valence-electron chi connectivity index (χ4n) is 2.40. The van der Waals surface area contributed by atoms with Crippen LogP contribution >= 0.6 is 0 Å². The first-order valence-electron chi connectivity index (χ1n) is 6.29. The molecule has 4 nitrogen and oxygen atoms in total. The molecule has 1 N–H and O–H groups in total. The normalized spacial score (nSPS) is 20.7. The number of carbonyl (C=O) groups is 1. The first-order chi connectivity index (χ1) is 8.20. The molecule has 0 aliphatic carbocycles. The van der Waals surface area contributed by atoms with Gasteiger partial charge in [-0.25, -0.2) is 0 Å². The van der Waals surface area contributed by atoms with Crippen LogP contribution in [0.1, 0.15) is 36.1 Å². The maximum absolute atomic E-state index is 11.8. The smallest absolute Gasteiger partial charge is 0.287 e. The van der Waals surface area contributed by atoms with Gasteiger partial charge in [0.15, 0.2) is 5.76 Å². The zero-order valence-corrected chi connectivity index (χ0v) is 10.5. The molecule has 94 valence electrons. The summed E-state index contributed by atoms with van der Waals surface area (Å²) in [5.74, 6) is 1.07. The minimum Gasteiger partial charge on any atom is -0.456 e. The van der Waals surface area contributed by atoms with Gasteiger partial charge in [-0.3, -0.25) is 9.69 Å². The van der Waals surface area contributed by atoms with E-state index in [0.29, 0.717) is 18.3 Å². The molecule has 0 saturated carbocycles. The van der Waals surface area contributed by atoms with Crippen LogP contribution in [0.15, 0.2) is 16.5 Å². The molecule has 0 spiro atoms. The van der Waals surface area contributed by atoms with Crippen LogP contribution in [0.25, 0.3) is 0 Å². The lowest BCUT2D eigenvalue weighted by atomic mass is 10.2. The SMILES string of the molecule is CCN1CCC[C@H]1CNC(=O)c1ccc(C)o1. The Morgan fingerprint density at radius 3 is 3.06 bits per heavy atom. The Bertz CT molecular complexity index is 387. The number of rotatable bonds is 4. The third-order valence-corrected chi connectivity index (χ3v) is 3.37. The van der Waals surface area contributed by atoms with Crippen LogP contribution in [0, 0.1) is 6.92 Å². The quantitative estimate of drug-likeness (QED) is 0.867. The third-order valence-electron chi connectivity index (χ3n) is 3.37. The molecule has 1 aliphatic heterocycles. The van der Waals surface area contributed by atoms with Crippen molar-refractivity contribution in [1.29, 1.82) is 0 Å². The highest BCUT2D eigenvalue weighted by Gasteiger charge is 2.23. The molecular formula is C13H20N2O2. The van der Waals surface area contributed by atoms with Gasteiger partial charge in [0, 0.05) is 12.6 Å². The van der Waals surface area contributed by atoms with Gasteiger partial charge in [-0.15, -0.1) is 0 Å².